The fourth-order valence-corrected chi connectivity index (χ4v) is 2.36. The molecule has 0 aliphatic rings. The highest BCUT2D eigenvalue weighted by Gasteiger charge is 2.19. The van der Waals surface area contributed by atoms with Crippen molar-refractivity contribution in [1.82, 2.24) is 9.97 Å². The largest absolute Gasteiger partial charge is 0.357 e. The van der Waals surface area contributed by atoms with E-state index in [1.165, 1.54) is 6.07 Å². The van der Waals surface area contributed by atoms with Crippen molar-refractivity contribution >= 4 is 5.95 Å². The van der Waals surface area contributed by atoms with Crippen LogP contribution in [-0.2, 0) is 0 Å². The van der Waals surface area contributed by atoms with Gasteiger partial charge in [-0.25, -0.2) is 18.7 Å². The maximum Gasteiger partial charge on any atom is 0.223 e. The highest BCUT2D eigenvalue weighted by molar-refractivity contribution is 5.78. The molecule has 0 aliphatic heterocycles. The standard InChI is InChI=1S/C18H12F2N4/c1-22-18-23-16(11-5-3-2-4-6-11)14(10-21)17(24-18)13-8-7-12(19)9-15(13)20/h2-9H,1H3,(H,22,23,24). The van der Waals surface area contributed by atoms with Crippen molar-refractivity contribution in [2.45, 2.75) is 0 Å². The van der Waals surface area contributed by atoms with Crippen LogP contribution >= 0.6 is 0 Å². The summed E-state index contributed by atoms with van der Waals surface area (Å²) in [4.78, 5) is 8.53. The van der Waals surface area contributed by atoms with Crippen LogP contribution in [0.3, 0.4) is 0 Å². The van der Waals surface area contributed by atoms with E-state index in [1.807, 2.05) is 24.3 Å². The first kappa shape index (κ1) is 15.6. The number of nitrogens with zero attached hydrogens (tertiary/aromatic N) is 3. The molecule has 0 aliphatic carbocycles. The summed E-state index contributed by atoms with van der Waals surface area (Å²) < 4.78 is 27.4. The van der Waals surface area contributed by atoms with E-state index in [9.17, 15) is 14.0 Å². The van der Waals surface area contributed by atoms with E-state index in [1.54, 1.807) is 19.2 Å². The molecule has 0 radical (unpaired) electrons. The lowest BCUT2D eigenvalue weighted by Gasteiger charge is -2.12. The summed E-state index contributed by atoms with van der Waals surface area (Å²) in [5, 5.41) is 12.4. The van der Waals surface area contributed by atoms with Crippen LogP contribution in [0.4, 0.5) is 14.7 Å². The van der Waals surface area contributed by atoms with E-state index in [-0.39, 0.29) is 22.8 Å². The first-order chi connectivity index (χ1) is 11.6. The fraction of sp³-hybridized carbons (Fsp3) is 0.0556. The number of halogens is 2. The Labute approximate surface area is 137 Å². The fourth-order valence-electron chi connectivity index (χ4n) is 2.36. The second-order valence-electron chi connectivity index (χ2n) is 4.97. The van der Waals surface area contributed by atoms with E-state index in [0.29, 0.717) is 11.3 Å². The smallest absolute Gasteiger partial charge is 0.223 e. The number of benzene rings is 2. The summed E-state index contributed by atoms with van der Waals surface area (Å²) in [7, 11) is 1.63. The van der Waals surface area contributed by atoms with Crippen LogP contribution in [0.25, 0.3) is 22.5 Å². The van der Waals surface area contributed by atoms with Gasteiger partial charge in [-0.15, -0.1) is 0 Å². The van der Waals surface area contributed by atoms with E-state index < -0.39 is 11.6 Å². The minimum Gasteiger partial charge on any atom is -0.357 e. The molecule has 1 heterocycles. The Balaban J connectivity index is 2.32. The molecule has 2 aromatic carbocycles. The minimum absolute atomic E-state index is 0.0454. The summed E-state index contributed by atoms with van der Waals surface area (Å²) in [6.45, 7) is 0. The number of aromatic nitrogens is 2. The van der Waals surface area contributed by atoms with Gasteiger partial charge >= 0.3 is 0 Å². The second-order valence-corrected chi connectivity index (χ2v) is 4.97. The molecule has 4 nitrogen and oxygen atoms in total. The second kappa shape index (κ2) is 6.42. The highest BCUT2D eigenvalue weighted by Crippen LogP contribution is 2.32. The number of rotatable bonds is 3. The van der Waals surface area contributed by atoms with Crippen LogP contribution in [0.15, 0.2) is 48.5 Å². The molecule has 0 saturated heterocycles. The molecule has 3 aromatic rings. The molecule has 0 spiro atoms. The Morgan fingerprint density at radius 1 is 1.00 bits per heavy atom. The molecule has 0 unspecified atom stereocenters. The summed E-state index contributed by atoms with van der Waals surface area (Å²) in [5.41, 5.74) is 1.39. The van der Waals surface area contributed by atoms with E-state index >= 15 is 0 Å². The van der Waals surface area contributed by atoms with Crippen molar-refractivity contribution in [3.63, 3.8) is 0 Å². The van der Waals surface area contributed by atoms with Gasteiger partial charge in [0.2, 0.25) is 5.95 Å². The van der Waals surface area contributed by atoms with Crippen molar-refractivity contribution in [3.05, 3.63) is 65.7 Å². The number of hydrogen-bond donors (Lipinski definition) is 1. The van der Waals surface area contributed by atoms with Gasteiger partial charge in [-0.05, 0) is 12.1 Å². The lowest BCUT2D eigenvalue weighted by atomic mass is 10.0. The van der Waals surface area contributed by atoms with Crippen LogP contribution in [0.2, 0.25) is 0 Å². The molecule has 118 valence electrons. The minimum atomic E-state index is -0.786. The van der Waals surface area contributed by atoms with Crippen molar-refractivity contribution in [2.24, 2.45) is 0 Å². The van der Waals surface area contributed by atoms with Crippen molar-refractivity contribution in [1.29, 1.82) is 5.26 Å². The maximum absolute atomic E-state index is 14.2. The Morgan fingerprint density at radius 3 is 2.33 bits per heavy atom. The summed E-state index contributed by atoms with van der Waals surface area (Å²) in [5.74, 6) is -1.24. The molecule has 1 aromatic heterocycles. The molecule has 0 saturated carbocycles. The van der Waals surface area contributed by atoms with Crippen LogP contribution in [0.5, 0.6) is 0 Å². The zero-order chi connectivity index (χ0) is 17.1. The summed E-state index contributed by atoms with van der Waals surface area (Å²) >= 11 is 0. The summed E-state index contributed by atoms with van der Waals surface area (Å²) in [6.07, 6.45) is 0. The first-order valence-electron chi connectivity index (χ1n) is 7.14. The molecule has 0 bridgehead atoms. The van der Waals surface area contributed by atoms with Crippen LogP contribution < -0.4 is 5.32 Å². The van der Waals surface area contributed by atoms with Gasteiger partial charge in [0.25, 0.3) is 0 Å². The zero-order valence-electron chi connectivity index (χ0n) is 12.7. The third-order valence-electron chi connectivity index (χ3n) is 3.48. The Kier molecular flexibility index (Phi) is 4.17. The van der Waals surface area contributed by atoms with Gasteiger partial charge in [0.1, 0.15) is 23.3 Å². The molecule has 3 rings (SSSR count). The van der Waals surface area contributed by atoms with E-state index in [0.717, 1.165) is 12.1 Å². The normalized spacial score (nSPS) is 10.2. The topological polar surface area (TPSA) is 61.6 Å². The first-order valence-corrected chi connectivity index (χ1v) is 7.14. The predicted octanol–water partition coefficient (Wildman–Crippen LogP) is 4.00. The molecule has 24 heavy (non-hydrogen) atoms. The van der Waals surface area contributed by atoms with Gasteiger partial charge in [0.15, 0.2) is 0 Å². The predicted molar refractivity (Wildman–Crippen MR) is 87.1 cm³/mol. The van der Waals surface area contributed by atoms with Crippen LogP contribution in [-0.4, -0.2) is 17.0 Å². The number of nitriles is 1. The average molecular weight is 322 g/mol. The van der Waals surface area contributed by atoms with Gasteiger partial charge in [-0.2, -0.15) is 5.26 Å². The Morgan fingerprint density at radius 2 is 1.71 bits per heavy atom. The Hall–Kier alpha value is -3.33. The van der Waals surface area contributed by atoms with Gasteiger partial charge in [-0.3, -0.25) is 0 Å². The molecule has 0 amide bonds. The van der Waals surface area contributed by atoms with Gasteiger partial charge in [0.05, 0.1) is 11.4 Å². The molecule has 0 atom stereocenters. The maximum atomic E-state index is 14.2. The number of hydrogen-bond acceptors (Lipinski definition) is 4. The lowest BCUT2D eigenvalue weighted by Crippen LogP contribution is -2.04. The molecular formula is C18H12F2N4. The van der Waals surface area contributed by atoms with Gasteiger partial charge < -0.3 is 5.32 Å². The van der Waals surface area contributed by atoms with E-state index in [2.05, 4.69) is 15.3 Å². The molecule has 6 heteroatoms. The van der Waals surface area contributed by atoms with Crippen LogP contribution in [0, 0.1) is 23.0 Å². The molecule has 0 fully saturated rings. The molecule has 1 N–H and O–H groups in total. The highest BCUT2D eigenvalue weighted by atomic mass is 19.1. The monoisotopic (exact) mass is 322 g/mol. The van der Waals surface area contributed by atoms with Crippen molar-refractivity contribution in [2.75, 3.05) is 12.4 Å². The quantitative estimate of drug-likeness (QED) is 0.791. The third-order valence-corrected chi connectivity index (χ3v) is 3.48. The zero-order valence-corrected chi connectivity index (χ0v) is 12.7. The van der Waals surface area contributed by atoms with Gasteiger partial charge in [0, 0.05) is 24.2 Å². The van der Waals surface area contributed by atoms with E-state index in [4.69, 9.17) is 0 Å². The third kappa shape index (κ3) is 2.79. The SMILES string of the molecule is CNc1nc(-c2ccccc2)c(C#N)c(-c2ccc(F)cc2F)n1. The molecular weight excluding hydrogens is 310 g/mol. The van der Waals surface area contributed by atoms with Crippen LogP contribution in [0.1, 0.15) is 5.56 Å². The van der Waals surface area contributed by atoms with Crippen molar-refractivity contribution < 1.29 is 8.78 Å². The number of anilines is 1. The average Bonchev–Trinajstić information content (AvgIpc) is 2.61. The Bertz CT molecular complexity index is 934. The van der Waals surface area contributed by atoms with Gasteiger partial charge in [-0.1, -0.05) is 30.3 Å². The van der Waals surface area contributed by atoms with Crippen molar-refractivity contribution in [3.8, 4) is 28.6 Å². The lowest BCUT2D eigenvalue weighted by molar-refractivity contribution is 0.585. The number of nitrogens with one attached hydrogen (secondary N) is 1. The summed E-state index contributed by atoms with van der Waals surface area (Å²) in [6, 6.07) is 14.3.